The molecule has 1 aliphatic heterocycles. The number of carbonyl (C=O) groups is 2. The first kappa shape index (κ1) is 22.5. The molecule has 33 heavy (non-hydrogen) atoms. The van der Waals surface area contributed by atoms with E-state index in [0.29, 0.717) is 25.9 Å². The van der Waals surface area contributed by atoms with Gasteiger partial charge in [0, 0.05) is 25.7 Å². The van der Waals surface area contributed by atoms with Gasteiger partial charge in [-0.3, -0.25) is 14.3 Å². The molecule has 0 radical (unpaired) electrons. The van der Waals surface area contributed by atoms with Crippen LogP contribution >= 0.6 is 0 Å². The maximum Gasteiger partial charge on any atom is 0.261 e. The van der Waals surface area contributed by atoms with Crippen LogP contribution in [0.4, 0.5) is 11.4 Å². The number of amides is 2. The molecule has 8 heteroatoms. The summed E-state index contributed by atoms with van der Waals surface area (Å²) in [7, 11) is -3.93. The van der Waals surface area contributed by atoms with Crippen LogP contribution < -0.4 is 14.9 Å². The molecular weight excluding hydrogens is 438 g/mol. The van der Waals surface area contributed by atoms with Gasteiger partial charge < -0.3 is 10.2 Å². The second kappa shape index (κ2) is 9.46. The Bertz CT molecular complexity index is 1290. The molecule has 2 N–H and O–H groups in total. The van der Waals surface area contributed by atoms with E-state index < -0.39 is 10.0 Å². The van der Waals surface area contributed by atoms with Crippen LogP contribution in [0, 0.1) is 0 Å². The average Bonchev–Trinajstić information content (AvgIpc) is 3.23. The monoisotopic (exact) mass is 463 g/mol. The van der Waals surface area contributed by atoms with Gasteiger partial charge in [-0.05, 0) is 54.3 Å². The van der Waals surface area contributed by atoms with Gasteiger partial charge in [0.05, 0.1) is 16.1 Å². The molecule has 2 amide bonds. The Kier molecular flexibility index (Phi) is 6.46. The zero-order valence-electron chi connectivity index (χ0n) is 18.2. The van der Waals surface area contributed by atoms with E-state index in [9.17, 15) is 18.0 Å². The van der Waals surface area contributed by atoms with Gasteiger partial charge in [0.2, 0.25) is 5.91 Å². The van der Waals surface area contributed by atoms with E-state index in [1.165, 1.54) is 13.0 Å². The predicted octanol–water partition coefficient (Wildman–Crippen LogP) is 3.37. The standard InChI is InChI=1S/C25H25N3O4S/c1-18(29)28-16-14-20-17-21(11-12-24(20)28)33(31,32)27-23-10-6-5-9-22(23)25(30)26-15-13-19-7-3-2-4-8-19/h2-12,17,27H,13-16H2,1H3,(H,26,30). The number of sulfonamides is 1. The summed E-state index contributed by atoms with van der Waals surface area (Å²) in [6, 6.07) is 21.0. The van der Waals surface area contributed by atoms with Crippen LogP contribution in [0.2, 0.25) is 0 Å². The van der Waals surface area contributed by atoms with Crippen molar-refractivity contribution in [1.29, 1.82) is 0 Å². The van der Waals surface area contributed by atoms with Crippen molar-refractivity contribution in [3.63, 3.8) is 0 Å². The fourth-order valence-corrected chi connectivity index (χ4v) is 5.04. The molecule has 7 nitrogen and oxygen atoms in total. The Morgan fingerprint density at radius 2 is 1.70 bits per heavy atom. The smallest absolute Gasteiger partial charge is 0.261 e. The number of para-hydroxylation sites is 1. The third-order valence-electron chi connectivity index (χ3n) is 5.59. The molecule has 1 heterocycles. The summed E-state index contributed by atoms with van der Waals surface area (Å²) in [6.45, 7) is 2.46. The number of hydrogen-bond acceptors (Lipinski definition) is 4. The molecule has 0 saturated heterocycles. The minimum Gasteiger partial charge on any atom is -0.352 e. The van der Waals surface area contributed by atoms with Gasteiger partial charge >= 0.3 is 0 Å². The van der Waals surface area contributed by atoms with Crippen LogP contribution in [0.5, 0.6) is 0 Å². The minimum absolute atomic E-state index is 0.0744. The number of benzene rings is 3. The number of nitrogens with one attached hydrogen (secondary N) is 2. The second-order valence-electron chi connectivity index (χ2n) is 7.85. The predicted molar refractivity (Wildman–Crippen MR) is 128 cm³/mol. The fraction of sp³-hybridized carbons (Fsp3) is 0.200. The lowest BCUT2D eigenvalue weighted by molar-refractivity contribution is -0.116. The van der Waals surface area contributed by atoms with E-state index in [1.54, 1.807) is 41.3 Å². The van der Waals surface area contributed by atoms with Crippen molar-refractivity contribution in [2.45, 2.75) is 24.7 Å². The SMILES string of the molecule is CC(=O)N1CCc2cc(S(=O)(=O)Nc3ccccc3C(=O)NCCc3ccccc3)ccc21. The molecule has 0 fully saturated rings. The van der Waals surface area contributed by atoms with Crippen molar-refractivity contribution < 1.29 is 18.0 Å². The van der Waals surface area contributed by atoms with Crippen LogP contribution in [0.25, 0.3) is 0 Å². The van der Waals surface area contributed by atoms with E-state index in [1.807, 2.05) is 30.3 Å². The van der Waals surface area contributed by atoms with Gasteiger partial charge in [-0.1, -0.05) is 42.5 Å². The van der Waals surface area contributed by atoms with E-state index in [-0.39, 0.29) is 28.0 Å². The van der Waals surface area contributed by atoms with Crippen molar-refractivity contribution >= 4 is 33.2 Å². The molecular formula is C25H25N3O4S. The minimum atomic E-state index is -3.93. The van der Waals surface area contributed by atoms with Gasteiger partial charge in [-0.2, -0.15) is 0 Å². The highest BCUT2D eigenvalue weighted by Gasteiger charge is 2.25. The Hall–Kier alpha value is -3.65. The Labute approximate surface area is 193 Å². The summed E-state index contributed by atoms with van der Waals surface area (Å²) in [4.78, 5) is 26.2. The van der Waals surface area contributed by atoms with Crippen LogP contribution in [0.3, 0.4) is 0 Å². The number of carbonyl (C=O) groups excluding carboxylic acids is 2. The number of nitrogens with zero attached hydrogens (tertiary/aromatic N) is 1. The Morgan fingerprint density at radius 1 is 0.970 bits per heavy atom. The topological polar surface area (TPSA) is 95.6 Å². The van der Waals surface area contributed by atoms with Crippen LogP contribution in [0.1, 0.15) is 28.4 Å². The molecule has 3 aromatic rings. The molecule has 4 rings (SSSR count). The summed E-state index contributed by atoms with van der Waals surface area (Å²) < 4.78 is 28.7. The summed E-state index contributed by atoms with van der Waals surface area (Å²) >= 11 is 0. The van der Waals surface area contributed by atoms with Crippen LogP contribution in [-0.4, -0.2) is 33.3 Å². The second-order valence-corrected chi connectivity index (χ2v) is 9.54. The van der Waals surface area contributed by atoms with Gasteiger partial charge in [0.1, 0.15) is 0 Å². The zero-order chi connectivity index (χ0) is 23.4. The summed E-state index contributed by atoms with van der Waals surface area (Å²) in [6.07, 6.45) is 1.27. The van der Waals surface area contributed by atoms with E-state index in [2.05, 4.69) is 10.0 Å². The quantitative estimate of drug-likeness (QED) is 0.562. The highest BCUT2D eigenvalue weighted by Crippen LogP contribution is 2.31. The fourth-order valence-electron chi connectivity index (χ4n) is 3.91. The number of fused-ring (bicyclic) bond motifs is 1. The maximum atomic E-state index is 13.1. The average molecular weight is 464 g/mol. The molecule has 0 aliphatic carbocycles. The van der Waals surface area contributed by atoms with Gasteiger partial charge in [0.25, 0.3) is 15.9 Å². The van der Waals surface area contributed by atoms with E-state index >= 15 is 0 Å². The highest BCUT2D eigenvalue weighted by molar-refractivity contribution is 7.92. The van der Waals surface area contributed by atoms with Crippen molar-refractivity contribution in [1.82, 2.24) is 5.32 Å². The summed E-state index contributed by atoms with van der Waals surface area (Å²) in [5, 5.41) is 2.85. The largest absolute Gasteiger partial charge is 0.352 e. The lowest BCUT2D eigenvalue weighted by Crippen LogP contribution is -2.27. The molecule has 170 valence electrons. The highest BCUT2D eigenvalue weighted by atomic mass is 32.2. The van der Waals surface area contributed by atoms with Crippen molar-refractivity contribution in [3.05, 3.63) is 89.5 Å². The lowest BCUT2D eigenvalue weighted by Gasteiger charge is -2.16. The molecule has 0 aromatic heterocycles. The number of hydrogen-bond donors (Lipinski definition) is 2. The molecule has 0 atom stereocenters. The molecule has 3 aromatic carbocycles. The first-order valence-electron chi connectivity index (χ1n) is 10.7. The third-order valence-corrected chi connectivity index (χ3v) is 6.96. The summed E-state index contributed by atoms with van der Waals surface area (Å²) in [5.41, 5.74) is 3.10. The third kappa shape index (κ3) is 5.06. The normalized spacial score (nSPS) is 12.8. The van der Waals surface area contributed by atoms with Gasteiger partial charge in [-0.25, -0.2) is 8.42 Å². The van der Waals surface area contributed by atoms with Crippen LogP contribution in [-0.2, 0) is 27.7 Å². The van der Waals surface area contributed by atoms with Crippen LogP contribution in [0.15, 0.2) is 77.7 Å². The molecule has 0 spiro atoms. The van der Waals surface area contributed by atoms with Crippen molar-refractivity contribution in [3.8, 4) is 0 Å². The maximum absolute atomic E-state index is 13.1. The molecule has 0 unspecified atom stereocenters. The van der Waals surface area contributed by atoms with Gasteiger partial charge in [-0.15, -0.1) is 0 Å². The zero-order valence-corrected chi connectivity index (χ0v) is 19.1. The molecule has 1 aliphatic rings. The number of anilines is 2. The first-order chi connectivity index (χ1) is 15.8. The van der Waals surface area contributed by atoms with Crippen molar-refractivity contribution in [2.75, 3.05) is 22.7 Å². The van der Waals surface area contributed by atoms with E-state index in [0.717, 1.165) is 16.8 Å². The van der Waals surface area contributed by atoms with Crippen molar-refractivity contribution in [2.24, 2.45) is 0 Å². The molecule has 0 saturated carbocycles. The molecule has 0 bridgehead atoms. The Balaban J connectivity index is 1.49. The van der Waals surface area contributed by atoms with Gasteiger partial charge in [0.15, 0.2) is 0 Å². The number of rotatable bonds is 7. The Morgan fingerprint density at radius 3 is 2.45 bits per heavy atom. The van der Waals surface area contributed by atoms with E-state index in [4.69, 9.17) is 0 Å². The lowest BCUT2D eigenvalue weighted by atomic mass is 10.1. The first-order valence-corrected chi connectivity index (χ1v) is 12.2. The summed E-state index contributed by atoms with van der Waals surface area (Å²) in [5.74, 6) is -0.426.